The number of imidazole rings is 1. The van der Waals surface area contributed by atoms with Gasteiger partial charge < -0.3 is 14.9 Å². The standard InChI is InChI=1S/C5H5N3O4/c1-3(9)12-5-4(8(10)11)6-2-7-5/h2H,1H3,(H,6,7). The molecule has 0 radical (unpaired) electrons. The minimum atomic E-state index is -0.717. The molecule has 0 aliphatic rings. The van der Waals surface area contributed by atoms with E-state index < -0.39 is 16.7 Å². The molecule has 1 heterocycles. The number of ether oxygens (including phenoxy) is 1. The van der Waals surface area contributed by atoms with Gasteiger partial charge in [0.25, 0.3) is 0 Å². The highest BCUT2D eigenvalue weighted by Crippen LogP contribution is 2.20. The summed E-state index contributed by atoms with van der Waals surface area (Å²) in [5, 5.41) is 10.2. The van der Waals surface area contributed by atoms with Crippen molar-refractivity contribution in [3.63, 3.8) is 0 Å². The Balaban J connectivity index is 2.91. The predicted octanol–water partition coefficient (Wildman–Crippen LogP) is 0.243. The maximum absolute atomic E-state index is 10.4. The van der Waals surface area contributed by atoms with Crippen LogP contribution in [0, 0.1) is 10.1 Å². The second-order valence-electron chi connectivity index (χ2n) is 1.91. The van der Waals surface area contributed by atoms with Gasteiger partial charge in [0.05, 0.1) is 0 Å². The fourth-order valence-corrected chi connectivity index (χ4v) is 0.617. The zero-order valence-corrected chi connectivity index (χ0v) is 6.10. The number of carbonyl (C=O) groups is 1. The van der Waals surface area contributed by atoms with E-state index in [-0.39, 0.29) is 5.88 Å². The van der Waals surface area contributed by atoms with E-state index in [1.54, 1.807) is 0 Å². The van der Waals surface area contributed by atoms with Crippen LogP contribution in [0.4, 0.5) is 5.82 Å². The first-order valence-corrected chi connectivity index (χ1v) is 2.97. The summed E-state index contributed by atoms with van der Waals surface area (Å²) in [7, 11) is 0. The van der Waals surface area contributed by atoms with Gasteiger partial charge in [-0.2, -0.15) is 4.98 Å². The Morgan fingerprint density at radius 3 is 3.00 bits per heavy atom. The quantitative estimate of drug-likeness (QED) is 0.390. The maximum atomic E-state index is 10.4. The first kappa shape index (κ1) is 8.18. The van der Waals surface area contributed by atoms with E-state index in [1.165, 1.54) is 0 Å². The summed E-state index contributed by atoms with van der Waals surface area (Å²) in [5.41, 5.74) is 0. The average Bonchev–Trinajstić information content (AvgIpc) is 2.33. The lowest BCUT2D eigenvalue weighted by molar-refractivity contribution is -0.390. The van der Waals surface area contributed by atoms with Crippen LogP contribution >= 0.6 is 0 Å². The van der Waals surface area contributed by atoms with E-state index in [1.807, 2.05) is 0 Å². The molecule has 0 saturated carbocycles. The average molecular weight is 171 g/mol. The lowest BCUT2D eigenvalue weighted by atomic mass is 10.7. The first-order chi connectivity index (χ1) is 5.61. The second kappa shape index (κ2) is 2.99. The minimum absolute atomic E-state index is 0.312. The highest BCUT2D eigenvalue weighted by Gasteiger charge is 2.17. The number of nitro groups is 1. The number of H-pyrrole nitrogens is 1. The third kappa shape index (κ3) is 1.57. The summed E-state index contributed by atoms with van der Waals surface area (Å²) in [5.74, 6) is -1.39. The van der Waals surface area contributed by atoms with Gasteiger partial charge in [-0.25, -0.2) is 4.98 Å². The molecule has 0 unspecified atom stereocenters. The van der Waals surface area contributed by atoms with E-state index >= 15 is 0 Å². The van der Waals surface area contributed by atoms with Gasteiger partial charge in [0.1, 0.15) is 0 Å². The predicted molar refractivity (Wildman–Crippen MR) is 36.6 cm³/mol. The Hall–Kier alpha value is -1.92. The smallest absolute Gasteiger partial charge is 0.385 e. The summed E-state index contributed by atoms with van der Waals surface area (Å²) >= 11 is 0. The Morgan fingerprint density at radius 1 is 1.83 bits per heavy atom. The molecule has 0 aliphatic carbocycles. The molecular formula is C5H5N3O4. The molecule has 12 heavy (non-hydrogen) atoms. The molecule has 0 spiro atoms. The van der Waals surface area contributed by atoms with Crippen molar-refractivity contribution >= 4 is 11.8 Å². The molecule has 1 aromatic heterocycles. The molecule has 0 fully saturated rings. The lowest BCUT2D eigenvalue weighted by Crippen LogP contribution is -2.03. The number of rotatable bonds is 2. The number of hydrogen-bond donors (Lipinski definition) is 1. The first-order valence-electron chi connectivity index (χ1n) is 2.97. The Labute approximate surface area is 66.5 Å². The number of aromatic nitrogens is 2. The summed E-state index contributed by atoms with van der Waals surface area (Å²) in [6.07, 6.45) is 1.08. The van der Waals surface area contributed by atoms with E-state index in [0.29, 0.717) is 0 Å². The molecule has 1 rings (SSSR count). The van der Waals surface area contributed by atoms with Gasteiger partial charge in [-0.05, 0) is 4.92 Å². The van der Waals surface area contributed by atoms with Crippen molar-refractivity contribution in [2.24, 2.45) is 0 Å². The molecule has 0 amide bonds. The van der Waals surface area contributed by atoms with Gasteiger partial charge in [-0.1, -0.05) is 0 Å². The van der Waals surface area contributed by atoms with Crippen LogP contribution in [0.2, 0.25) is 0 Å². The molecule has 1 aromatic rings. The van der Waals surface area contributed by atoms with Crippen molar-refractivity contribution in [1.82, 2.24) is 9.97 Å². The van der Waals surface area contributed by atoms with Crippen LogP contribution in [0.25, 0.3) is 0 Å². The molecule has 0 saturated heterocycles. The second-order valence-corrected chi connectivity index (χ2v) is 1.91. The van der Waals surface area contributed by atoms with Gasteiger partial charge in [0.15, 0.2) is 6.33 Å². The topological polar surface area (TPSA) is 98.1 Å². The van der Waals surface area contributed by atoms with Crippen molar-refractivity contribution in [3.05, 3.63) is 16.4 Å². The Kier molecular flexibility index (Phi) is 2.04. The van der Waals surface area contributed by atoms with Gasteiger partial charge in [0.2, 0.25) is 0 Å². The van der Waals surface area contributed by atoms with Gasteiger partial charge in [-0.3, -0.25) is 4.79 Å². The van der Waals surface area contributed by atoms with Crippen LogP contribution in [0.5, 0.6) is 5.88 Å². The number of nitrogens with one attached hydrogen (secondary N) is 1. The van der Waals surface area contributed by atoms with E-state index in [4.69, 9.17) is 0 Å². The molecule has 0 atom stereocenters. The number of aromatic amines is 1. The van der Waals surface area contributed by atoms with Gasteiger partial charge in [-0.15, -0.1) is 0 Å². The summed E-state index contributed by atoms with van der Waals surface area (Å²) < 4.78 is 4.42. The maximum Gasteiger partial charge on any atom is 0.385 e. The third-order valence-electron chi connectivity index (χ3n) is 1.01. The molecular weight excluding hydrogens is 166 g/mol. The molecule has 0 aliphatic heterocycles. The SMILES string of the molecule is CC(=O)Oc1nc[nH]c1[N+](=O)[O-]. The fraction of sp³-hybridized carbons (Fsp3) is 0.200. The van der Waals surface area contributed by atoms with E-state index in [9.17, 15) is 14.9 Å². The monoisotopic (exact) mass is 171 g/mol. The lowest BCUT2D eigenvalue weighted by Gasteiger charge is -1.94. The van der Waals surface area contributed by atoms with Crippen molar-refractivity contribution in [2.45, 2.75) is 6.92 Å². The van der Waals surface area contributed by atoms with E-state index in [0.717, 1.165) is 13.3 Å². The highest BCUT2D eigenvalue weighted by molar-refractivity contribution is 5.69. The van der Waals surface area contributed by atoms with Crippen LogP contribution in [0.15, 0.2) is 6.33 Å². The summed E-state index contributed by atoms with van der Waals surface area (Å²) in [4.78, 5) is 25.5. The van der Waals surface area contributed by atoms with Crippen LogP contribution in [-0.2, 0) is 4.79 Å². The summed E-state index contributed by atoms with van der Waals surface area (Å²) in [6.45, 7) is 1.14. The molecule has 1 N–H and O–H groups in total. The van der Waals surface area contributed by atoms with Crippen molar-refractivity contribution in [1.29, 1.82) is 0 Å². The van der Waals surface area contributed by atoms with Gasteiger partial charge >= 0.3 is 17.7 Å². The van der Waals surface area contributed by atoms with Gasteiger partial charge in [0, 0.05) is 6.92 Å². The fourth-order valence-electron chi connectivity index (χ4n) is 0.617. The minimum Gasteiger partial charge on any atom is -0.400 e. The summed E-state index contributed by atoms with van der Waals surface area (Å²) in [6, 6.07) is 0. The molecule has 7 nitrogen and oxygen atoms in total. The molecule has 0 bridgehead atoms. The van der Waals surface area contributed by atoms with Crippen molar-refractivity contribution < 1.29 is 14.5 Å². The Bertz CT molecular complexity index is 318. The normalized spacial score (nSPS) is 9.42. The largest absolute Gasteiger partial charge is 0.400 e. The van der Waals surface area contributed by atoms with E-state index in [2.05, 4.69) is 14.7 Å². The highest BCUT2D eigenvalue weighted by atomic mass is 16.6. The zero-order valence-electron chi connectivity index (χ0n) is 6.10. The van der Waals surface area contributed by atoms with Crippen LogP contribution in [0.3, 0.4) is 0 Å². The third-order valence-corrected chi connectivity index (χ3v) is 1.01. The van der Waals surface area contributed by atoms with Crippen LogP contribution in [0.1, 0.15) is 6.92 Å². The van der Waals surface area contributed by atoms with Crippen LogP contribution < -0.4 is 4.74 Å². The number of hydrogen-bond acceptors (Lipinski definition) is 5. The molecule has 7 heteroatoms. The number of carbonyl (C=O) groups excluding carboxylic acids is 1. The molecule has 64 valence electrons. The van der Waals surface area contributed by atoms with Crippen molar-refractivity contribution in [3.8, 4) is 5.88 Å². The zero-order chi connectivity index (χ0) is 9.14. The number of esters is 1. The van der Waals surface area contributed by atoms with Crippen molar-refractivity contribution in [2.75, 3.05) is 0 Å². The number of nitrogens with zero attached hydrogens (tertiary/aromatic N) is 2. The van der Waals surface area contributed by atoms with Crippen LogP contribution in [-0.4, -0.2) is 20.9 Å². The Morgan fingerprint density at radius 2 is 2.50 bits per heavy atom. The molecule has 0 aromatic carbocycles.